The molecule has 0 radical (unpaired) electrons. The number of aromatic nitrogens is 2. The van der Waals surface area contributed by atoms with Crippen LogP contribution in [0.5, 0.6) is 0 Å². The van der Waals surface area contributed by atoms with E-state index in [0.717, 1.165) is 53.2 Å². The van der Waals surface area contributed by atoms with Crippen LogP contribution in [0.1, 0.15) is 33.6 Å². The second-order valence-corrected chi connectivity index (χ2v) is 17.2. The molecular formula is C23H37BrN4O3Si. The van der Waals surface area contributed by atoms with Crippen LogP contribution < -0.4 is 5.32 Å². The highest BCUT2D eigenvalue weighted by Gasteiger charge is 2.28. The fraction of sp³-hybridized carbons (Fsp3) is 0.652. The second kappa shape index (κ2) is 10.1. The van der Waals surface area contributed by atoms with E-state index < -0.39 is 13.7 Å². The number of pyridine rings is 1. The van der Waals surface area contributed by atoms with Crippen molar-refractivity contribution in [2.45, 2.75) is 77.7 Å². The second-order valence-electron chi connectivity index (χ2n) is 10.8. The molecular weight excluding hydrogens is 488 g/mol. The first-order valence-electron chi connectivity index (χ1n) is 11.4. The number of carbonyl (C=O) groups excluding carboxylic acids is 1. The number of ether oxygens (including phenoxy) is 2. The molecule has 7 nitrogen and oxygen atoms in total. The molecule has 0 aromatic carbocycles. The Bertz CT molecular complexity index is 936. The van der Waals surface area contributed by atoms with Gasteiger partial charge in [0.2, 0.25) is 0 Å². The molecule has 0 saturated carbocycles. The van der Waals surface area contributed by atoms with Gasteiger partial charge in [-0.05, 0) is 61.7 Å². The molecule has 3 heterocycles. The number of piperidine rings is 1. The average molecular weight is 526 g/mol. The Morgan fingerprint density at radius 2 is 2.09 bits per heavy atom. The summed E-state index contributed by atoms with van der Waals surface area (Å²) in [5.74, 6) is 0. The van der Waals surface area contributed by atoms with Gasteiger partial charge < -0.3 is 24.3 Å². The van der Waals surface area contributed by atoms with E-state index in [9.17, 15) is 4.79 Å². The minimum absolute atomic E-state index is 0.148. The van der Waals surface area contributed by atoms with E-state index in [0.29, 0.717) is 13.3 Å². The number of anilines is 1. The SMILES string of the molecule is CC(C)(C)OC(=O)N1CCC[C@@H](Nc2c(Br)cnc3c2ccn3COCC[Si](C)(C)C)C1. The fourth-order valence-corrected chi connectivity index (χ4v) is 4.88. The molecule has 0 unspecified atom stereocenters. The van der Waals surface area contributed by atoms with E-state index in [1.807, 2.05) is 37.7 Å². The molecule has 0 bridgehead atoms. The number of amides is 1. The third-order valence-corrected chi connectivity index (χ3v) is 7.70. The quantitative estimate of drug-likeness (QED) is 0.359. The first kappa shape index (κ1) is 25.0. The summed E-state index contributed by atoms with van der Waals surface area (Å²) in [6, 6.07) is 3.37. The van der Waals surface area contributed by atoms with Crippen molar-refractivity contribution in [1.29, 1.82) is 0 Å². The number of nitrogens with zero attached hydrogens (tertiary/aromatic N) is 3. The van der Waals surface area contributed by atoms with Crippen molar-refractivity contribution in [1.82, 2.24) is 14.5 Å². The lowest BCUT2D eigenvalue weighted by Crippen LogP contribution is -2.47. The van der Waals surface area contributed by atoms with E-state index in [4.69, 9.17) is 9.47 Å². The first-order chi connectivity index (χ1) is 14.9. The van der Waals surface area contributed by atoms with Crippen LogP contribution in [0.25, 0.3) is 11.0 Å². The molecule has 1 amide bonds. The van der Waals surface area contributed by atoms with Gasteiger partial charge in [0.05, 0.1) is 10.2 Å². The van der Waals surface area contributed by atoms with Crippen LogP contribution in [0.15, 0.2) is 22.9 Å². The highest BCUT2D eigenvalue weighted by molar-refractivity contribution is 9.10. The lowest BCUT2D eigenvalue weighted by molar-refractivity contribution is 0.0206. The summed E-state index contributed by atoms with van der Waals surface area (Å²) in [7, 11) is -1.10. The maximum absolute atomic E-state index is 12.5. The zero-order chi connectivity index (χ0) is 23.5. The van der Waals surface area contributed by atoms with Crippen LogP contribution in [-0.2, 0) is 16.2 Å². The Morgan fingerprint density at radius 3 is 2.78 bits per heavy atom. The number of carbonyl (C=O) groups is 1. The van der Waals surface area contributed by atoms with Crippen molar-refractivity contribution >= 4 is 46.8 Å². The normalized spacial score (nSPS) is 17.6. The van der Waals surface area contributed by atoms with Gasteiger partial charge in [0, 0.05) is 51.6 Å². The van der Waals surface area contributed by atoms with Crippen LogP contribution in [-0.4, -0.2) is 60.0 Å². The number of halogens is 1. The van der Waals surface area contributed by atoms with Crippen LogP contribution in [0, 0.1) is 0 Å². The predicted octanol–water partition coefficient (Wildman–Crippen LogP) is 5.92. The zero-order valence-corrected chi connectivity index (χ0v) is 22.8. The predicted molar refractivity (Wildman–Crippen MR) is 136 cm³/mol. The van der Waals surface area contributed by atoms with E-state index in [1.54, 1.807) is 4.90 Å². The number of nitrogens with one attached hydrogen (secondary N) is 1. The molecule has 1 aliphatic heterocycles. The van der Waals surface area contributed by atoms with Crippen molar-refractivity contribution in [2.75, 3.05) is 25.0 Å². The standard InChI is InChI=1S/C23H37BrN4O3Si/c1-23(2,3)31-22(29)27-10-7-8-17(15-27)26-20-18-9-11-28(21(18)25-14-19(20)24)16-30-12-13-32(4,5)6/h9,11,14,17H,7-8,10,12-13,15-16H2,1-6H3,(H,25,26)/t17-/m1/s1. The lowest BCUT2D eigenvalue weighted by Gasteiger charge is -2.35. The Labute approximate surface area is 201 Å². The van der Waals surface area contributed by atoms with Crippen LogP contribution in [0.2, 0.25) is 25.7 Å². The maximum atomic E-state index is 12.5. The molecule has 3 rings (SSSR count). The van der Waals surface area contributed by atoms with Gasteiger partial charge in [0.15, 0.2) is 0 Å². The van der Waals surface area contributed by atoms with Gasteiger partial charge in [-0.1, -0.05) is 19.6 Å². The molecule has 1 saturated heterocycles. The van der Waals surface area contributed by atoms with Crippen molar-refractivity contribution < 1.29 is 14.3 Å². The van der Waals surface area contributed by atoms with Crippen molar-refractivity contribution in [3.63, 3.8) is 0 Å². The smallest absolute Gasteiger partial charge is 0.410 e. The molecule has 32 heavy (non-hydrogen) atoms. The summed E-state index contributed by atoms with van der Waals surface area (Å²) in [5.41, 5.74) is 1.41. The Balaban J connectivity index is 1.68. The molecule has 0 spiro atoms. The van der Waals surface area contributed by atoms with Gasteiger partial charge in [-0.3, -0.25) is 0 Å². The van der Waals surface area contributed by atoms with E-state index >= 15 is 0 Å². The third-order valence-electron chi connectivity index (χ3n) is 5.39. The number of hydrogen-bond donors (Lipinski definition) is 1. The summed E-state index contributed by atoms with van der Waals surface area (Å²) in [4.78, 5) is 19.0. The average Bonchev–Trinajstić information content (AvgIpc) is 3.09. The molecule has 1 aliphatic rings. The summed E-state index contributed by atoms with van der Waals surface area (Å²) in [6.07, 6.45) is 5.55. The minimum atomic E-state index is -1.10. The van der Waals surface area contributed by atoms with Crippen LogP contribution >= 0.6 is 15.9 Å². The van der Waals surface area contributed by atoms with Gasteiger partial charge >= 0.3 is 6.09 Å². The topological polar surface area (TPSA) is 68.6 Å². The zero-order valence-electron chi connectivity index (χ0n) is 20.2. The molecule has 178 valence electrons. The molecule has 9 heteroatoms. The highest BCUT2D eigenvalue weighted by Crippen LogP contribution is 2.32. The van der Waals surface area contributed by atoms with E-state index in [-0.39, 0.29) is 12.1 Å². The molecule has 1 atom stereocenters. The van der Waals surface area contributed by atoms with E-state index in [2.05, 4.69) is 51.9 Å². The van der Waals surface area contributed by atoms with Gasteiger partial charge in [0.25, 0.3) is 0 Å². The monoisotopic (exact) mass is 524 g/mol. The summed E-state index contributed by atoms with van der Waals surface area (Å²) in [6.45, 7) is 15.4. The molecule has 2 aromatic rings. The Morgan fingerprint density at radius 1 is 1.34 bits per heavy atom. The van der Waals surface area contributed by atoms with E-state index in [1.165, 1.54) is 0 Å². The fourth-order valence-electron chi connectivity index (χ4n) is 3.70. The van der Waals surface area contributed by atoms with Crippen LogP contribution in [0.4, 0.5) is 10.5 Å². The first-order valence-corrected chi connectivity index (χ1v) is 15.9. The third kappa shape index (κ3) is 6.96. The highest BCUT2D eigenvalue weighted by atomic mass is 79.9. The number of fused-ring (bicyclic) bond motifs is 1. The Kier molecular flexibility index (Phi) is 7.93. The van der Waals surface area contributed by atoms with Crippen molar-refractivity contribution in [2.24, 2.45) is 0 Å². The number of likely N-dealkylation sites (tertiary alicyclic amines) is 1. The van der Waals surface area contributed by atoms with Crippen molar-refractivity contribution in [3.8, 4) is 0 Å². The molecule has 1 fully saturated rings. The summed E-state index contributed by atoms with van der Waals surface area (Å²) < 4.78 is 14.5. The molecule has 1 N–H and O–H groups in total. The van der Waals surface area contributed by atoms with Gasteiger partial charge in [0.1, 0.15) is 18.0 Å². The Hall–Kier alpha value is -1.58. The van der Waals surface area contributed by atoms with Crippen molar-refractivity contribution in [3.05, 3.63) is 22.9 Å². The number of rotatable bonds is 7. The minimum Gasteiger partial charge on any atom is -0.444 e. The number of hydrogen-bond acceptors (Lipinski definition) is 5. The largest absolute Gasteiger partial charge is 0.444 e. The summed E-state index contributed by atoms with van der Waals surface area (Å²) in [5, 5.41) is 4.70. The maximum Gasteiger partial charge on any atom is 0.410 e. The van der Waals surface area contributed by atoms with Crippen LogP contribution in [0.3, 0.4) is 0 Å². The molecule has 0 aliphatic carbocycles. The van der Waals surface area contributed by atoms with Gasteiger partial charge in [-0.25, -0.2) is 9.78 Å². The summed E-state index contributed by atoms with van der Waals surface area (Å²) >= 11 is 3.66. The lowest BCUT2D eigenvalue weighted by atomic mass is 10.1. The molecule has 2 aromatic heterocycles. The van der Waals surface area contributed by atoms with Gasteiger partial charge in [-0.15, -0.1) is 0 Å². The van der Waals surface area contributed by atoms with Gasteiger partial charge in [-0.2, -0.15) is 0 Å².